The van der Waals surface area contributed by atoms with E-state index in [-0.39, 0.29) is 5.91 Å². The lowest BCUT2D eigenvalue weighted by atomic mass is 10.1. The summed E-state index contributed by atoms with van der Waals surface area (Å²) in [6, 6.07) is 0. The van der Waals surface area contributed by atoms with Crippen molar-refractivity contribution in [1.29, 1.82) is 0 Å². The van der Waals surface area contributed by atoms with E-state index >= 15 is 0 Å². The Balaban J connectivity index is 2.30. The predicted octanol–water partition coefficient (Wildman–Crippen LogP) is 2.56. The van der Waals surface area contributed by atoms with Crippen molar-refractivity contribution in [3.8, 4) is 0 Å². The van der Waals surface area contributed by atoms with Crippen molar-refractivity contribution >= 4 is 33.6 Å². The summed E-state index contributed by atoms with van der Waals surface area (Å²) in [6.45, 7) is 0.847. The first-order valence-electron chi connectivity index (χ1n) is 5.10. The second-order valence-corrected chi connectivity index (χ2v) is 5.88. The van der Waals surface area contributed by atoms with Crippen molar-refractivity contribution in [2.24, 2.45) is 0 Å². The molecule has 0 aromatic carbocycles. The van der Waals surface area contributed by atoms with Crippen molar-refractivity contribution < 1.29 is 4.79 Å². The molecule has 0 bridgehead atoms. The van der Waals surface area contributed by atoms with Gasteiger partial charge in [-0.25, -0.2) is 0 Å². The van der Waals surface area contributed by atoms with E-state index in [9.17, 15) is 4.79 Å². The monoisotopic (exact) mass is 279 g/mol. The van der Waals surface area contributed by atoms with Gasteiger partial charge in [-0.05, 0) is 19.1 Å². The molecule has 2 nitrogen and oxygen atoms in total. The van der Waals surface area contributed by atoms with Crippen LogP contribution in [0.4, 0.5) is 0 Å². The molecule has 1 saturated carbocycles. The summed E-state index contributed by atoms with van der Waals surface area (Å²) in [4.78, 5) is 11.3. The van der Waals surface area contributed by atoms with E-state index in [4.69, 9.17) is 0 Å². The normalized spacial score (nSPS) is 19.6. The first-order chi connectivity index (χ1) is 6.72. The fraction of sp³-hybridized carbons (Fsp3) is 0.900. The van der Waals surface area contributed by atoms with Gasteiger partial charge in [0.15, 0.2) is 0 Å². The molecule has 1 aliphatic rings. The first-order valence-corrected chi connectivity index (χ1v) is 7.45. The van der Waals surface area contributed by atoms with Crippen LogP contribution in [0.5, 0.6) is 0 Å². The molecule has 0 aromatic rings. The largest absolute Gasteiger partial charge is 0.355 e. The number of halogens is 1. The quantitative estimate of drug-likeness (QED) is 0.784. The van der Waals surface area contributed by atoms with Crippen molar-refractivity contribution in [3.63, 3.8) is 0 Å². The van der Waals surface area contributed by atoms with Crippen LogP contribution in [0.25, 0.3) is 0 Å². The molecule has 0 saturated heterocycles. The summed E-state index contributed by atoms with van der Waals surface area (Å²) in [7, 11) is 0. The number of rotatable bonds is 5. The van der Waals surface area contributed by atoms with E-state index in [2.05, 4.69) is 27.5 Å². The molecule has 0 heterocycles. The molecule has 0 aromatic heterocycles. The zero-order valence-electron chi connectivity index (χ0n) is 8.64. The lowest BCUT2D eigenvalue weighted by Gasteiger charge is -2.26. The molecule has 1 rings (SSSR count). The Bertz CT molecular complexity index is 193. The minimum Gasteiger partial charge on any atom is -0.355 e. The lowest BCUT2D eigenvalue weighted by Crippen LogP contribution is -2.38. The summed E-state index contributed by atoms with van der Waals surface area (Å²) >= 11 is 5.18. The standard InChI is InChI=1S/C10H18BrNOS/c1-14-10(5-2-3-6-10)8-12-9(13)4-7-11/h2-8H2,1H3,(H,12,13). The molecule has 0 radical (unpaired) electrons. The van der Waals surface area contributed by atoms with E-state index in [1.165, 1.54) is 25.7 Å². The van der Waals surface area contributed by atoms with Crippen LogP contribution in [0.15, 0.2) is 0 Å². The highest BCUT2D eigenvalue weighted by molar-refractivity contribution is 9.09. The fourth-order valence-corrected chi connectivity index (χ4v) is 3.18. The molecular formula is C10H18BrNOS. The van der Waals surface area contributed by atoms with Gasteiger partial charge in [-0.15, -0.1) is 0 Å². The lowest BCUT2D eigenvalue weighted by molar-refractivity contribution is -0.120. The van der Waals surface area contributed by atoms with Crippen LogP contribution in [0.2, 0.25) is 0 Å². The van der Waals surface area contributed by atoms with E-state index in [0.717, 1.165) is 11.9 Å². The van der Waals surface area contributed by atoms with Gasteiger partial charge < -0.3 is 5.32 Å². The van der Waals surface area contributed by atoms with Crippen molar-refractivity contribution in [1.82, 2.24) is 5.32 Å². The minimum atomic E-state index is 0.169. The number of thioether (sulfide) groups is 1. The Kier molecular flexibility index (Phi) is 5.31. The Morgan fingerprint density at radius 1 is 1.50 bits per heavy atom. The Morgan fingerprint density at radius 2 is 2.14 bits per heavy atom. The molecule has 0 unspecified atom stereocenters. The van der Waals surface area contributed by atoms with Gasteiger partial charge in [-0.1, -0.05) is 28.8 Å². The van der Waals surface area contributed by atoms with Crippen molar-refractivity contribution in [2.75, 3.05) is 18.1 Å². The Morgan fingerprint density at radius 3 is 2.64 bits per heavy atom. The summed E-state index contributed by atoms with van der Waals surface area (Å²) < 4.78 is 0.335. The smallest absolute Gasteiger partial charge is 0.220 e. The number of alkyl halides is 1. The van der Waals surface area contributed by atoms with E-state index < -0.39 is 0 Å². The number of carbonyl (C=O) groups is 1. The molecule has 0 aliphatic heterocycles. The van der Waals surface area contributed by atoms with Gasteiger partial charge in [0.1, 0.15) is 0 Å². The molecule has 1 amide bonds. The molecule has 1 fully saturated rings. The van der Waals surface area contributed by atoms with Gasteiger partial charge in [0, 0.05) is 23.0 Å². The van der Waals surface area contributed by atoms with Gasteiger partial charge >= 0.3 is 0 Å². The van der Waals surface area contributed by atoms with Crippen LogP contribution >= 0.6 is 27.7 Å². The molecular weight excluding hydrogens is 262 g/mol. The van der Waals surface area contributed by atoms with Crippen molar-refractivity contribution in [2.45, 2.75) is 36.9 Å². The van der Waals surface area contributed by atoms with Crippen LogP contribution < -0.4 is 5.32 Å². The maximum atomic E-state index is 11.3. The third kappa shape index (κ3) is 3.46. The summed E-state index contributed by atoms with van der Waals surface area (Å²) in [5.41, 5.74) is 0. The van der Waals surface area contributed by atoms with Crippen molar-refractivity contribution in [3.05, 3.63) is 0 Å². The number of hydrogen-bond donors (Lipinski definition) is 1. The molecule has 1 aliphatic carbocycles. The maximum Gasteiger partial charge on any atom is 0.220 e. The number of hydrogen-bond acceptors (Lipinski definition) is 2. The van der Waals surface area contributed by atoms with E-state index in [0.29, 0.717) is 11.2 Å². The third-order valence-corrected chi connectivity index (χ3v) is 4.69. The van der Waals surface area contributed by atoms with E-state index in [1.54, 1.807) is 0 Å². The molecule has 1 N–H and O–H groups in total. The van der Waals surface area contributed by atoms with Gasteiger partial charge in [-0.2, -0.15) is 11.8 Å². The molecule has 0 spiro atoms. The maximum absolute atomic E-state index is 11.3. The second-order valence-electron chi connectivity index (χ2n) is 3.81. The van der Waals surface area contributed by atoms with Gasteiger partial charge in [-0.3, -0.25) is 4.79 Å². The molecule has 82 valence electrons. The Hall–Kier alpha value is 0.300. The average molecular weight is 280 g/mol. The highest BCUT2D eigenvalue weighted by Gasteiger charge is 2.32. The average Bonchev–Trinajstić information content (AvgIpc) is 2.65. The Labute approximate surface area is 98.7 Å². The summed E-state index contributed by atoms with van der Waals surface area (Å²) in [5, 5.41) is 3.78. The van der Waals surface area contributed by atoms with Gasteiger partial charge in [0.05, 0.1) is 0 Å². The predicted molar refractivity (Wildman–Crippen MR) is 66.1 cm³/mol. The number of amides is 1. The zero-order valence-corrected chi connectivity index (χ0v) is 11.0. The number of nitrogens with one attached hydrogen (secondary N) is 1. The van der Waals surface area contributed by atoms with Crippen LogP contribution in [-0.2, 0) is 4.79 Å². The highest BCUT2D eigenvalue weighted by Crippen LogP contribution is 2.39. The van der Waals surface area contributed by atoms with Crippen LogP contribution in [-0.4, -0.2) is 28.8 Å². The molecule has 0 atom stereocenters. The molecule has 14 heavy (non-hydrogen) atoms. The molecule has 4 heteroatoms. The fourth-order valence-electron chi connectivity index (χ4n) is 1.91. The van der Waals surface area contributed by atoms with Crippen LogP contribution in [0.1, 0.15) is 32.1 Å². The number of carbonyl (C=O) groups excluding carboxylic acids is 1. The van der Waals surface area contributed by atoms with Crippen LogP contribution in [0, 0.1) is 0 Å². The SMILES string of the molecule is CSC1(CNC(=O)CCBr)CCCC1. The minimum absolute atomic E-state index is 0.169. The second kappa shape index (κ2) is 6.01. The van der Waals surface area contributed by atoms with E-state index in [1.807, 2.05) is 11.8 Å². The third-order valence-electron chi connectivity index (χ3n) is 2.88. The zero-order chi connectivity index (χ0) is 10.4. The first kappa shape index (κ1) is 12.4. The van der Waals surface area contributed by atoms with Crippen LogP contribution in [0.3, 0.4) is 0 Å². The summed E-state index contributed by atoms with van der Waals surface area (Å²) in [6.07, 6.45) is 7.88. The topological polar surface area (TPSA) is 29.1 Å². The highest BCUT2D eigenvalue weighted by atomic mass is 79.9. The van der Waals surface area contributed by atoms with Gasteiger partial charge in [0.25, 0.3) is 0 Å². The van der Waals surface area contributed by atoms with Gasteiger partial charge in [0.2, 0.25) is 5.91 Å². The summed E-state index contributed by atoms with van der Waals surface area (Å²) in [5.74, 6) is 0.169.